The highest BCUT2D eigenvalue weighted by molar-refractivity contribution is 5.75. The van der Waals surface area contributed by atoms with E-state index in [0.717, 1.165) is 29.5 Å². The summed E-state index contributed by atoms with van der Waals surface area (Å²) < 4.78 is 16.9. The number of carbonyl (C=O) groups is 1. The monoisotopic (exact) mass is 482 g/mol. The molecule has 1 atom stereocenters. The molecule has 0 aliphatic carbocycles. The number of ether oxygens (including phenoxy) is 2. The van der Waals surface area contributed by atoms with Crippen LogP contribution in [0.25, 0.3) is 11.5 Å². The summed E-state index contributed by atoms with van der Waals surface area (Å²) in [5, 5.41) is 11.8. The molecule has 3 heterocycles. The number of hydrogen-bond acceptors (Lipinski definition) is 6. The van der Waals surface area contributed by atoms with Crippen molar-refractivity contribution in [3.63, 3.8) is 0 Å². The molecule has 4 aromatic rings. The summed E-state index contributed by atoms with van der Waals surface area (Å²) in [6.45, 7) is 1.41. The predicted octanol–water partition coefficient (Wildman–Crippen LogP) is 5.14. The van der Waals surface area contributed by atoms with Crippen molar-refractivity contribution in [2.45, 2.75) is 24.8 Å². The Morgan fingerprint density at radius 2 is 1.64 bits per heavy atom. The molecule has 1 fully saturated rings. The molecule has 1 unspecified atom stereocenters. The van der Waals surface area contributed by atoms with Crippen LogP contribution in [0.5, 0.6) is 11.5 Å². The molecule has 36 heavy (non-hydrogen) atoms. The van der Waals surface area contributed by atoms with Crippen LogP contribution in [-0.2, 0) is 0 Å². The van der Waals surface area contributed by atoms with Crippen molar-refractivity contribution in [2.75, 3.05) is 19.9 Å². The fourth-order valence-corrected chi connectivity index (χ4v) is 4.77. The third-order valence-electron chi connectivity index (χ3n) is 6.65. The fourth-order valence-electron chi connectivity index (χ4n) is 4.77. The number of likely N-dealkylation sites (tertiary alicyclic amines) is 1. The van der Waals surface area contributed by atoms with Crippen molar-refractivity contribution in [2.24, 2.45) is 0 Å². The number of fused-ring (bicyclic) bond motifs is 1. The van der Waals surface area contributed by atoms with Crippen molar-refractivity contribution in [1.82, 2.24) is 20.4 Å². The van der Waals surface area contributed by atoms with Crippen LogP contribution in [0, 0.1) is 0 Å². The van der Waals surface area contributed by atoms with Crippen LogP contribution >= 0.6 is 0 Å². The molecule has 2 aliphatic rings. The summed E-state index contributed by atoms with van der Waals surface area (Å²) in [5.74, 6) is 2.32. The maximum Gasteiger partial charge on any atom is 0.318 e. The van der Waals surface area contributed by atoms with Crippen LogP contribution in [0.2, 0.25) is 0 Å². The number of amides is 2. The number of nitrogens with one attached hydrogen (secondary N) is 1. The largest absolute Gasteiger partial charge is 0.454 e. The van der Waals surface area contributed by atoms with E-state index in [1.807, 2.05) is 83.8 Å². The molecular weight excluding hydrogens is 456 g/mol. The normalized spacial score (nSPS) is 16.8. The second-order valence-corrected chi connectivity index (χ2v) is 9.00. The Morgan fingerprint density at radius 1 is 0.917 bits per heavy atom. The lowest BCUT2D eigenvalue weighted by molar-refractivity contribution is 0.172. The average Bonchev–Trinajstić information content (AvgIpc) is 3.62. The number of benzene rings is 3. The smallest absolute Gasteiger partial charge is 0.318 e. The second-order valence-electron chi connectivity index (χ2n) is 9.00. The lowest BCUT2D eigenvalue weighted by atomic mass is 9.97. The highest BCUT2D eigenvalue weighted by Crippen LogP contribution is 2.36. The summed E-state index contributed by atoms with van der Waals surface area (Å²) in [6, 6.07) is 25.3. The van der Waals surface area contributed by atoms with E-state index in [1.54, 1.807) is 0 Å². The summed E-state index contributed by atoms with van der Waals surface area (Å²) in [4.78, 5) is 15.2. The van der Waals surface area contributed by atoms with E-state index in [-0.39, 0.29) is 24.8 Å². The van der Waals surface area contributed by atoms with Gasteiger partial charge in [0.15, 0.2) is 11.5 Å². The summed E-state index contributed by atoms with van der Waals surface area (Å²) in [5.41, 5.74) is 2.85. The molecule has 1 aromatic heterocycles. The maximum absolute atomic E-state index is 13.4. The molecular formula is C28H26N4O4. The van der Waals surface area contributed by atoms with Crippen molar-refractivity contribution < 1.29 is 18.7 Å². The van der Waals surface area contributed by atoms with Crippen LogP contribution in [0.1, 0.15) is 41.8 Å². The van der Waals surface area contributed by atoms with Gasteiger partial charge in [-0.25, -0.2) is 4.79 Å². The highest BCUT2D eigenvalue weighted by Gasteiger charge is 2.30. The third kappa shape index (κ3) is 4.49. The Bertz CT molecular complexity index is 1300. The van der Waals surface area contributed by atoms with Gasteiger partial charge in [0.05, 0.1) is 12.0 Å². The molecule has 0 saturated carbocycles. The van der Waals surface area contributed by atoms with E-state index >= 15 is 0 Å². The van der Waals surface area contributed by atoms with Gasteiger partial charge in [0.25, 0.3) is 0 Å². The van der Waals surface area contributed by atoms with Crippen LogP contribution < -0.4 is 14.8 Å². The van der Waals surface area contributed by atoms with E-state index in [2.05, 4.69) is 15.5 Å². The number of urea groups is 1. The zero-order valence-corrected chi connectivity index (χ0v) is 19.7. The van der Waals surface area contributed by atoms with Gasteiger partial charge in [0.1, 0.15) is 0 Å². The molecule has 1 saturated heterocycles. The van der Waals surface area contributed by atoms with Crippen LogP contribution in [0.4, 0.5) is 4.79 Å². The minimum atomic E-state index is -0.235. The minimum Gasteiger partial charge on any atom is -0.454 e. The lowest BCUT2D eigenvalue weighted by Gasteiger charge is -2.32. The Hall–Kier alpha value is -4.33. The Labute approximate surface area is 208 Å². The van der Waals surface area contributed by atoms with Gasteiger partial charge >= 0.3 is 6.03 Å². The van der Waals surface area contributed by atoms with Crippen molar-refractivity contribution >= 4 is 6.03 Å². The molecule has 8 heteroatoms. The molecule has 6 rings (SSSR count). The molecule has 1 N–H and O–H groups in total. The molecule has 0 bridgehead atoms. The predicted molar refractivity (Wildman–Crippen MR) is 133 cm³/mol. The SMILES string of the molecule is O=C(NC(c1ccccc1)c1ccccc1)N1CCCC(c2nnc(-c3ccc4c(c3)OCO4)o2)C1. The number of hydrogen-bond donors (Lipinski definition) is 1. The second kappa shape index (κ2) is 9.73. The first kappa shape index (κ1) is 22.2. The topological polar surface area (TPSA) is 89.7 Å². The van der Waals surface area contributed by atoms with Crippen LogP contribution in [0.3, 0.4) is 0 Å². The molecule has 2 aliphatic heterocycles. The maximum atomic E-state index is 13.4. The van der Waals surface area contributed by atoms with E-state index in [9.17, 15) is 4.79 Å². The van der Waals surface area contributed by atoms with Crippen molar-refractivity contribution in [1.29, 1.82) is 0 Å². The van der Waals surface area contributed by atoms with Gasteiger partial charge in [-0.15, -0.1) is 10.2 Å². The Morgan fingerprint density at radius 3 is 2.39 bits per heavy atom. The van der Waals surface area contributed by atoms with Crippen molar-refractivity contribution in [3.05, 3.63) is 95.9 Å². The summed E-state index contributed by atoms with van der Waals surface area (Å²) in [7, 11) is 0. The summed E-state index contributed by atoms with van der Waals surface area (Å²) >= 11 is 0. The quantitative estimate of drug-likeness (QED) is 0.423. The zero-order valence-electron chi connectivity index (χ0n) is 19.7. The van der Waals surface area contributed by atoms with E-state index in [4.69, 9.17) is 13.9 Å². The van der Waals surface area contributed by atoms with Crippen LogP contribution in [0.15, 0.2) is 83.3 Å². The van der Waals surface area contributed by atoms with Gasteiger partial charge in [-0.1, -0.05) is 60.7 Å². The average molecular weight is 483 g/mol. The molecule has 3 aromatic carbocycles. The third-order valence-corrected chi connectivity index (χ3v) is 6.65. The van der Waals surface area contributed by atoms with E-state index < -0.39 is 0 Å². The lowest BCUT2D eigenvalue weighted by Crippen LogP contribution is -2.46. The Kier molecular flexibility index (Phi) is 5.99. The van der Waals surface area contributed by atoms with Crippen LogP contribution in [-0.4, -0.2) is 41.0 Å². The zero-order chi connectivity index (χ0) is 24.3. The minimum absolute atomic E-state index is 0.0216. The molecule has 8 nitrogen and oxygen atoms in total. The number of piperidine rings is 1. The molecule has 2 amide bonds. The molecule has 0 radical (unpaired) electrons. The van der Waals surface area contributed by atoms with E-state index in [0.29, 0.717) is 36.4 Å². The van der Waals surface area contributed by atoms with Gasteiger partial charge in [-0.2, -0.15) is 0 Å². The number of nitrogens with zero attached hydrogens (tertiary/aromatic N) is 3. The number of carbonyl (C=O) groups excluding carboxylic acids is 1. The van der Waals surface area contributed by atoms with Crippen molar-refractivity contribution in [3.8, 4) is 23.0 Å². The standard InChI is InChI=1S/C28H26N4O4/c33-28(29-25(19-8-3-1-4-9-19)20-10-5-2-6-11-20)32-15-7-12-22(17-32)27-31-30-26(36-27)21-13-14-23-24(16-21)35-18-34-23/h1-6,8-11,13-14,16,22,25H,7,12,15,17-18H2,(H,29,33). The first-order valence-electron chi connectivity index (χ1n) is 12.1. The van der Waals surface area contributed by atoms with Gasteiger partial charge in [0.2, 0.25) is 18.6 Å². The summed E-state index contributed by atoms with van der Waals surface area (Å²) in [6.07, 6.45) is 1.74. The van der Waals surface area contributed by atoms with E-state index in [1.165, 1.54) is 0 Å². The first-order chi connectivity index (χ1) is 17.7. The number of aromatic nitrogens is 2. The van der Waals surface area contributed by atoms with Gasteiger partial charge in [-0.05, 0) is 42.2 Å². The highest BCUT2D eigenvalue weighted by atomic mass is 16.7. The Balaban J connectivity index is 1.17. The molecule has 182 valence electrons. The molecule has 0 spiro atoms. The van der Waals surface area contributed by atoms with Gasteiger partial charge < -0.3 is 24.1 Å². The number of rotatable bonds is 5. The van der Waals surface area contributed by atoms with Gasteiger partial charge in [0, 0.05) is 18.7 Å². The van der Waals surface area contributed by atoms with Gasteiger partial charge in [-0.3, -0.25) is 0 Å². The first-order valence-corrected chi connectivity index (χ1v) is 12.1. The fraction of sp³-hybridized carbons (Fsp3) is 0.250.